The second-order valence-electron chi connectivity index (χ2n) is 7.95. The van der Waals surface area contributed by atoms with Crippen molar-refractivity contribution in [3.8, 4) is 5.75 Å². The normalized spacial score (nSPS) is 15.6. The number of amides is 1. The maximum atomic E-state index is 12.4. The van der Waals surface area contributed by atoms with Crippen molar-refractivity contribution >= 4 is 22.8 Å². The van der Waals surface area contributed by atoms with Gasteiger partial charge in [-0.2, -0.15) is 0 Å². The number of nitrogens with one attached hydrogen (secondary N) is 1. The van der Waals surface area contributed by atoms with E-state index in [0.717, 1.165) is 42.2 Å². The van der Waals surface area contributed by atoms with Gasteiger partial charge < -0.3 is 19.6 Å². The van der Waals surface area contributed by atoms with Gasteiger partial charge in [0.05, 0.1) is 0 Å². The Morgan fingerprint density at radius 3 is 2.41 bits per heavy atom. The quantitative estimate of drug-likeness (QED) is 0.721. The molecular weight excluding hydrogens is 374 g/mol. The number of carbonyl (C=O) groups is 2. The van der Waals surface area contributed by atoms with Crippen LogP contribution in [0.3, 0.4) is 0 Å². The Bertz CT molecular complexity index is 1010. The summed E-state index contributed by atoms with van der Waals surface area (Å²) in [6, 6.07) is 2.65. The lowest BCUT2D eigenvalue weighted by atomic mass is 9.90. The lowest BCUT2D eigenvalue weighted by Crippen LogP contribution is -2.48. The molecule has 2 aromatic rings. The van der Waals surface area contributed by atoms with Gasteiger partial charge in [0.25, 0.3) is 5.91 Å². The van der Waals surface area contributed by atoms with Gasteiger partial charge in [-0.25, -0.2) is 9.59 Å². The number of benzene rings is 1. The average molecular weight is 401 g/mol. The Labute approximate surface area is 169 Å². The van der Waals surface area contributed by atoms with E-state index in [1.165, 1.54) is 0 Å². The van der Waals surface area contributed by atoms with Crippen molar-refractivity contribution in [2.24, 2.45) is 5.92 Å². The molecule has 156 valence electrons. The molecule has 1 aromatic heterocycles. The molecule has 7 heteroatoms. The maximum absolute atomic E-state index is 12.4. The van der Waals surface area contributed by atoms with E-state index in [4.69, 9.17) is 9.15 Å². The first-order valence-electron chi connectivity index (χ1n) is 9.98. The molecule has 7 nitrogen and oxygen atoms in total. The lowest BCUT2D eigenvalue weighted by Gasteiger charge is -2.22. The zero-order valence-electron chi connectivity index (χ0n) is 17.2. The van der Waals surface area contributed by atoms with Crippen molar-refractivity contribution in [2.45, 2.75) is 65.5 Å². The number of carboxylic acid groups (broad SMARTS) is 1. The van der Waals surface area contributed by atoms with Crippen LogP contribution in [0, 0.1) is 12.8 Å². The molecule has 0 aliphatic heterocycles. The molecule has 29 heavy (non-hydrogen) atoms. The van der Waals surface area contributed by atoms with E-state index in [1.807, 2.05) is 6.07 Å². The minimum Gasteiger partial charge on any atom is -0.480 e. The van der Waals surface area contributed by atoms with E-state index in [2.05, 4.69) is 5.32 Å². The molecule has 1 aromatic carbocycles. The van der Waals surface area contributed by atoms with Crippen LogP contribution in [-0.2, 0) is 22.4 Å². The minimum atomic E-state index is -1.09. The minimum absolute atomic E-state index is 0.258. The van der Waals surface area contributed by atoms with Gasteiger partial charge in [0.1, 0.15) is 17.4 Å². The maximum Gasteiger partial charge on any atom is 0.339 e. The van der Waals surface area contributed by atoms with Gasteiger partial charge >= 0.3 is 11.6 Å². The van der Waals surface area contributed by atoms with E-state index >= 15 is 0 Å². The van der Waals surface area contributed by atoms with Crippen molar-refractivity contribution in [1.29, 1.82) is 0 Å². The zero-order chi connectivity index (χ0) is 21.3. The molecule has 0 spiro atoms. The fraction of sp³-hybridized carbons (Fsp3) is 0.500. The summed E-state index contributed by atoms with van der Waals surface area (Å²) in [5.74, 6) is -1.44. The number of carboxylic acids is 1. The predicted molar refractivity (Wildman–Crippen MR) is 108 cm³/mol. The Balaban J connectivity index is 1.87. The first-order valence-corrected chi connectivity index (χ1v) is 9.98. The average Bonchev–Trinajstić information content (AvgIpc) is 2.68. The van der Waals surface area contributed by atoms with Crippen molar-refractivity contribution in [3.05, 3.63) is 39.2 Å². The predicted octanol–water partition coefficient (Wildman–Crippen LogP) is 2.97. The van der Waals surface area contributed by atoms with E-state index in [9.17, 15) is 19.5 Å². The molecule has 0 saturated carbocycles. The highest BCUT2D eigenvalue weighted by atomic mass is 16.5. The molecule has 0 radical (unpaired) electrons. The topological polar surface area (TPSA) is 106 Å². The summed E-state index contributed by atoms with van der Waals surface area (Å²) >= 11 is 0. The summed E-state index contributed by atoms with van der Waals surface area (Å²) in [4.78, 5) is 36.1. The molecule has 0 fully saturated rings. The first-order chi connectivity index (χ1) is 13.7. The fourth-order valence-corrected chi connectivity index (χ4v) is 3.78. The number of aliphatic carboxylic acids is 1. The number of carbonyl (C=O) groups excluding carboxylic acids is 1. The standard InChI is InChI=1S/C22H27NO6/c1-11(2)18(21(25)26)23-20(24)13(4)28-17-10-9-15-14-7-5-6-8-16(14)22(27)29-19(15)12(17)3/h9-11,13,18H,5-8H2,1-4H3,(H,23,24)(H,25,26)/t13-,18-/m0/s1. The molecule has 1 aliphatic rings. The van der Waals surface area contributed by atoms with Gasteiger partial charge in [-0.15, -0.1) is 0 Å². The Hall–Kier alpha value is -2.83. The summed E-state index contributed by atoms with van der Waals surface area (Å²) in [5, 5.41) is 12.7. The molecule has 1 aliphatic carbocycles. The van der Waals surface area contributed by atoms with Crippen LogP contribution >= 0.6 is 0 Å². The second-order valence-corrected chi connectivity index (χ2v) is 7.95. The Morgan fingerprint density at radius 2 is 1.79 bits per heavy atom. The number of aryl methyl sites for hydroxylation is 2. The van der Waals surface area contributed by atoms with Crippen molar-refractivity contribution in [2.75, 3.05) is 0 Å². The van der Waals surface area contributed by atoms with Crippen LogP contribution in [0.5, 0.6) is 5.75 Å². The number of fused-ring (bicyclic) bond motifs is 3. The Morgan fingerprint density at radius 1 is 1.14 bits per heavy atom. The molecule has 0 bridgehead atoms. The second kappa shape index (κ2) is 8.27. The fourth-order valence-electron chi connectivity index (χ4n) is 3.78. The van der Waals surface area contributed by atoms with Gasteiger partial charge in [-0.3, -0.25) is 4.79 Å². The Kier molecular flexibility index (Phi) is 5.96. The van der Waals surface area contributed by atoms with E-state index in [-0.39, 0.29) is 11.5 Å². The molecular formula is C22H27NO6. The molecule has 3 rings (SSSR count). The van der Waals surface area contributed by atoms with Gasteiger partial charge in [0, 0.05) is 16.5 Å². The van der Waals surface area contributed by atoms with E-state index in [0.29, 0.717) is 16.9 Å². The monoisotopic (exact) mass is 401 g/mol. The summed E-state index contributed by atoms with van der Waals surface area (Å²) in [6.45, 7) is 6.79. The number of hydrogen-bond acceptors (Lipinski definition) is 5. The summed E-state index contributed by atoms with van der Waals surface area (Å²) in [7, 11) is 0. The third-order valence-electron chi connectivity index (χ3n) is 5.49. The molecule has 1 amide bonds. The van der Waals surface area contributed by atoms with Crippen molar-refractivity contribution < 1.29 is 23.8 Å². The van der Waals surface area contributed by atoms with E-state index < -0.39 is 24.0 Å². The van der Waals surface area contributed by atoms with Crippen LogP contribution in [0.2, 0.25) is 0 Å². The van der Waals surface area contributed by atoms with Crippen molar-refractivity contribution in [1.82, 2.24) is 5.32 Å². The third kappa shape index (κ3) is 4.13. The SMILES string of the molecule is Cc1c(O[C@@H](C)C(=O)N[C@H](C(=O)O)C(C)C)ccc2c3c(c(=O)oc12)CCCC3. The number of hydrogen-bond donors (Lipinski definition) is 2. The number of ether oxygens (including phenoxy) is 1. The summed E-state index contributed by atoms with van der Waals surface area (Å²) in [6.07, 6.45) is 2.71. The van der Waals surface area contributed by atoms with Crippen LogP contribution in [0.15, 0.2) is 21.3 Å². The van der Waals surface area contributed by atoms with Crippen LogP contribution in [0.25, 0.3) is 11.0 Å². The van der Waals surface area contributed by atoms with Gasteiger partial charge in [-0.05, 0) is 63.1 Å². The highest BCUT2D eigenvalue weighted by Crippen LogP contribution is 2.32. The highest BCUT2D eigenvalue weighted by Gasteiger charge is 2.27. The molecule has 2 atom stereocenters. The third-order valence-corrected chi connectivity index (χ3v) is 5.49. The van der Waals surface area contributed by atoms with Gasteiger partial charge in [-0.1, -0.05) is 13.8 Å². The van der Waals surface area contributed by atoms with Crippen LogP contribution in [-0.4, -0.2) is 29.1 Å². The zero-order valence-corrected chi connectivity index (χ0v) is 17.2. The molecule has 0 saturated heterocycles. The highest BCUT2D eigenvalue weighted by molar-refractivity contribution is 5.88. The van der Waals surface area contributed by atoms with Crippen LogP contribution < -0.4 is 15.7 Å². The van der Waals surface area contributed by atoms with Crippen LogP contribution in [0.1, 0.15) is 50.3 Å². The molecule has 2 N–H and O–H groups in total. The molecule has 0 unspecified atom stereocenters. The molecule has 1 heterocycles. The smallest absolute Gasteiger partial charge is 0.339 e. The summed E-state index contributed by atoms with van der Waals surface area (Å²) in [5.41, 5.74) is 2.62. The lowest BCUT2D eigenvalue weighted by molar-refractivity contribution is -0.144. The number of rotatable bonds is 6. The van der Waals surface area contributed by atoms with Crippen LogP contribution in [0.4, 0.5) is 0 Å². The van der Waals surface area contributed by atoms with Crippen molar-refractivity contribution in [3.63, 3.8) is 0 Å². The van der Waals surface area contributed by atoms with E-state index in [1.54, 1.807) is 33.8 Å². The summed E-state index contributed by atoms with van der Waals surface area (Å²) < 4.78 is 11.4. The van der Waals surface area contributed by atoms with Gasteiger partial charge in [0.15, 0.2) is 6.10 Å². The largest absolute Gasteiger partial charge is 0.480 e. The van der Waals surface area contributed by atoms with Gasteiger partial charge in [0.2, 0.25) is 0 Å². The first kappa shape index (κ1) is 20.9.